The first-order valence-electron chi connectivity index (χ1n) is 5.09. The van der Waals surface area contributed by atoms with E-state index in [-0.39, 0.29) is 29.8 Å². The van der Waals surface area contributed by atoms with E-state index in [2.05, 4.69) is 10.6 Å². The van der Waals surface area contributed by atoms with Crippen molar-refractivity contribution in [2.75, 3.05) is 26.7 Å². The number of carbonyl (C=O) groups is 1. The summed E-state index contributed by atoms with van der Waals surface area (Å²) in [4.78, 5) is 11.6. The molecule has 0 bridgehead atoms. The van der Waals surface area contributed by atoms with Gasteiger partial charge in [-0.2, -0.15) is 0 Å². The molecule has 0 aromatic heterocycles. The topological polar surface area (TPSA) is 50.4 Å². The van der Waals surface area contributed by atoms with E-state index in [1.165, 1.54) is 0 Å². The summed E-state index contributed by atoms with van der Waals surface area (Å²) in [7, 11) is 1.66. The van der Waals surface area contributed by atoms with Crippen molar-refractivity contribution in [1.29, 1.82) is 0 Å². The molecule has 0 radical (unpaired) electrons. The van der Waals surface area contributed by atoms with E-state index < -0.39 is 0 Å². The number of nitrogens with one attached hydrogen (secondary N) is 2. The van der Waals surface area contributed by atoms with Crippen LogP contribution in [0.2, 0.25) is 0 Å². The minimum absolute atomic E-state index is 0. The molecule has 15 heavy (non-hydrogen) atoms. The fraction of sp³-hybridized carbons (Fsp3) is 0.900. The van der Waals surface area contributed by atoms with E-state index in [1.807, 2.05) is 13.8 Å². The molecule has 0 aromatic rings. The molecule has 0 saturated carbocycles. The van der Waals surface area contributed by atoms with Crippen molar-refractivity contribution in [3.63, 3.8) is 0 Å². The Morgan fingerprint density at radius 1 is 1.60 bits per heavy atom. The minimum atomic E-state index is -0.276. The van der Waals surface area contributed by atoms with E-state index in [0.29, 0.717) is 6.54 Å². The molecule has 5 heteroatoms. The van der Waals surface area contributed by atoms with Crippen LogP contribution >= 0.6 is 12.4 Å². The van der Waals surface area contributed by atoms with E-state index in [0.717, 1.165) is 19.5 Å². The second kappa shape index (κ2) is 6.30. The molecule has 0 aliphatic carbocycles. The summed E-state index contributed by atoms with van der Waals surface area (Å²) in [6.45, 7) is 6.24. The first-order valence-corrected chi connectivity index (χ1v) is 5.09. The lowest BCUT2D eigenvalue weighted by Crippen LogP contribution is -2.42. The number of halogens is 1. The predicted molar refractivity (Wildman–Crippen MR) is 62.3 cm³/mol. The second-order valence-electron chi connectivity index (χ2n) is 4.37. The highest BCUT2D eigenvalue weighted by molar-refractivity contribution is 5.85. The summed E-state index contributed by atoms with van der Waals surface area (Å²) in [6.07, 6.45) is 0.944. The third-order valence-electron chi connectivity index (χ3n) is 2.67. The van der Waals surface area contributed by atoms with Gasteiger partial charge in [0.1, 0.15) is 0 Å². The van der Waals surface area contributed by atoms with Gasteiger partial charge in [0, 0.05) is 20.2 Å². The normalized spacial score (nSPS) is 20.9. The molecule has 1 aliphatic rings. The third-order valence-corrected chi connectivity index (χ3v) is 2.67. The Bertz CT molecular complexity index is 204. The SMILES string of the molecule is COC(C)(C)CNC(=O)[C@H]1CCNC1.Cl. The van der Waals surface area contributed by atoms with Gasteiger partial charge in [-0.05, 0) is 26.8 Å². The maximum absolute atomic E-state index is 11.6. The summed E-state index contributed by atoms with van der Waals surface area (Å²) in [6, 6.07) is 0. The van der Waals surface area contributed by atoms with Gasteiger partial charge in [-0.1, -0.05) is 0 Å². The molecular weight excluding hydrogens is 216 g/mol. The Balaban J connectivity index is 0.00000196. The number of carbonyl (C=O) groups excluding carboxylic acids is 1. The van der Waals surface area contributed by atoms with Gasteiger partial charge in [0.2, 0.25) is 5.91 Å². The van der Waals surface area contributed by atoms with E-state index >= 15 is 0 Å². The maximum Gasteiger partial charge on any atom is 0.224 e. The van der Waals surface area contributed by atoms with Crippen LogP contribution in [0.25, 0.3) is 0 Å². The minimum Gasteiger partial charge on any atom is -0.377 e. The summed E-state index contributed by atoms with van der Waals surface area (Å²) in [5.74, 6) is 0.280. The number of amides is 1. The zero-order valence-electron chi connectivity index (χ0n) is 9.63. The van der Waals surface area contributed by atoms with Crippen LogP contribution in [-0.4, -0.2) is 38.3 Å². The number of rotatable bonds is 4. The maximum atomic E-state index is 11.6. The van der Waals surface area contributed by atoms with Crippen LogP contribution in [0, 0.1) is 5.92 Å². The molecule has 1 amide bonds. The predicted octanol–water partition coefficient (Wildman–Crippen LogP) is 0.559. The van der Waals surface area contributed by atoms with E-state index in [1.54, 1.807) is 7.11 Å². The van der Waals surface area contributed by atoms with Gasteiger partial charge in [-0.3, -0.25) is 4.79 Å². The van der Waals surface area contributed by atoms with Crippen LogP contribution in [0.15, 0.2) is 0 Å². The van der Waals surface area contributed by atoms with Crippen molar-refractivity contribution in [2.24, 2.45) is 5.92 Å². The first kappa shape index (κ1) is 14.7. The number of methoxy groups -OCH3 is 1. The lowest BCUT2D eigenvalue weighted by molar-refractivity contribution is -0.125. The van der Waals surface area contributed by atoms with Crippen LogP contribution in [0.3, 0.4) is 0 Å². The summed E-state index contributed by atoms with van der Waals surface area (Å²) < 4.78 is 5.22. The fourth-order valence-electron chi connectivity index (χ4n) is 1.39. The Hall–Kier alpha value is -0.320. The molecule has 1 aliphatic heterocycles. The summed E-state index contributed by atoms with van der Waals surface area (Å²) in [5, 5.41) is 6.08. The lowest BCUT2D eigenvalue weighted by atomic mass is 10.1. The lowest BCUT2D eigenvalue weighted by Gasteiger charge is -2.23. The van der Waals surface area contributed by atoms with Gasteiger partial charge >= 0.3 is 0 Å². The van der Waals surface area contributed by atoms with Crippen molar-refractivity contribution < 1.29 is 9.53 Å². The van der Waals surface area contributed by atoms with Gasteiger partial charge in [-0.25, -0.2) is 0 Å². The van der Waals surface area contributed by atoms with Crippen LogP contribution in [-0.2, 0) is 9.53 Å². The van der Waals surface area contributed by atoms with Crippen molar-refractivity contribution in [2.45, 2.75) is 25.9 Å². The molecule has 90 valence electrons. The van der Waals surface area contributed by atoms with Gasteiger partial charge in [0.05, 0.1) is 11.5 Å². The Labute approximate surface area is 97.5 Å². The van der Waals surface area contributed by atoms with Crippen LogP contribution in [0.4, 0.5) is 0 Å². The quantitative estimate of drug-likeness (QED) is 0.750. The van der Waals surface area contributed by atoms with E-state index in [9.17, 15) is 4.79 Å². The molecule has 1 atom stereocenters. The summed E-state index contributed by atoms with van der Waals surface area (Å²) in [5.41, 5.74) is -0.276. The highest BCUT2D eigenvalue weighted by atomic mass is 35.5. The van der Waals surface area contributed by atoms with Gasteiger partial charge in [-0.15, -0.1) is 12.4 Å². The van der Waals surface area contributed by atoms with Gasteiger partial charge < -0.3 is 15.4 Å². The van der Waals surface area contributed by atoms with Crippen molar-refractivity contribution in [3.8, 4) is 0 Å². The molecule has 1 heterocycles. The molecule has 1 saturated heterocycles. The molecule has 0 aromatic carbocycles. The highest BCUT2D eigenvalue weighted by Gasteiger charge is 2.24. The third kappa shape index (κ3) is 4.82. The molecular formula is C10H21ClN2O2. The van der Waals surface area contributed by atoms with Crippen LogP contribution in [0.5, 0.6) is 0 Å². The molecule has 2 N–H and O–H groups in total. The average molecular weight is 237 g/mol. The number of hydrogen-bond acceptors (Lipinski definition) is 3. The molecule has 1 rings (SSSR count). The monoisotopic (exact) mass is 236 g/mol. The largest absolute Gasteiger partial charge is 0.377 e. The van der Waals surface area contributed by atoms with Crippen LogP contribution in [0.1, 0.15) is 20.3 Å². The Morgan fingerprint density at radius 2 is 2.27 bits per heavy atom. The van der Waals surface area contributed by atoms with Gasteiger partial charge in [0.15, 0.2) is 0 Å². The second-order valence-corrected chi connectivity index (χ2v) is 4.37. The van der Waals surface area contributed by atoms with Gasteiger partial charge in [0.25, 0.3) is 0 Å². The standard InChI is InChI=1S/C10H20N2O2.ClH/c1-10(2,14-3)7-12-9(13)8-4-5-11-6-8;/h8,11H,4-7H2,1-3H3,(H,12,13);1H/t8-;/m0./s1. The van der Waals surface area contributed by atoms with Crippen molar-refractivity contribution in [3.05, 3.63) is 0 Å². The van der Waals surface area contributed by atoms with Crippen molar-refractivity contribution >= 4 is 18.3 Å². The molecule has 4 nitrogen and oxygen atoms in total. The molecule has 0 unspecified atom stereocenters. The zero-order valence-corrected chi connectivity index (χ0v) is 10.4. The van der Waals surface area contributed by atoms with Crippen LogP contribution < -0.4 is 10.6 Å². The fourth-order valence-corrected chi connectivity index (χ4v) is 1.39. The highest BCUT2D eigenvalue weighted by Crippen LogP contribution is 2.09. The molecule has 0 spiro atoms. The smallest absolute Gasteiger partial charge is 0.224 e. The Morgan fingerprint density at radius 3 is 2.73 bits per heavy atom. The number of ether oxygens (including phenoxy) is 1. The molecule has 1 fully saturated rings. The first-order chi connectivity index (χ1) is 6.55. The number of hydrogen-bond donors (Lipinski definition) is 2. The van der Waals surface area contributed by atoms with E-state index in [4.69, 9.17) is 4.74 Å². The van der Waals surface area contributed by atoms with Crippen molar-refractivity contribution in [1.82, 2.24) is 10.6 Å². The zero-order chi connectivity index (χ0) is 10.6. The Kier molecular flexibility index (Phi) is 6.17. The summed E-state index contributed by atoms with van der Waals surface area (Å²) >= 11 is 0. The average Bonchev–Trinajstić information content (AvgIpc) is 2.67.